The smallest absolute Gasteiger partial charge is 0.258 e. The molecule has 0 aliphatic heterocycles. The Hall–Kier alpha value is -4.30. The zero-order valence-corrected chi connectivity index (χ0v) is 18.1. The number of hydrogen-bond acceptors (Lipinski definition) is 8. The van der Waals surface area contributed by atoms with Crippen molar-refractivity contribution in [3.63, 3.8) is 0 Å². The zero-order valence-electron chi connectivity index (χ0n) is 17.3. The summed E-state index contributed by atoms with van der Waals surface area (Å²) in [5.41, 5.74) is 1.25. The minimum Gasteiger partial charge on any atom is -0.494 e. The fourth-order valence-electron chi connectivity index (χ4n) is 3.10. The average molecular weight is 466 g/mol. The number of pyridine rings is 1. The molecule has 0 saturated carbocycles. The summed E-state index contributed by atoms with van der Waals surface area (Å²) in [6, 6.07) is 11.9. The Bertz CT molecular complexity index is 1560. The number of benzene rings is 2. The predicted octanol–water partition coefficient (Wildman–Crippen LogP) is 3.56. The Labute approximate surface area is 187 Å². The Balaban J connectivity index is 1.66. The normalized spacial score (nSPS) is 11.2. The van der Waals surface area contributed by atoms with Crippen molar-refractivity contribution in [3.8, 4) is 23.3 Å². The molecule has 1 N–H and O–H groups in total. The molecule has 0 radical (unpaired) electrons. The van der Waals surface area contributed by atoms with E-state index in [0.717, 1.165) is 18.5 Å². The molecule has 1 amide bonds. The molecule has 2 aromatic carbocycles. The minimum atomic E-state index is -3.81. The van der Waals surface area contributed by atoms with Gasteiger partial charge in [-0.25, -0.2) is 22.8 Å². The summed E-state index contributed by atoms with van der Waals surface area (Å²) < 4.78 is 48.6. The highest BCUT2D eigenvalue weighted by molar-refractivity contribution is 7.90. The summed E-state index contributed by atoms with van der Waals surface area (Å²) in [7, 11) is -2.45. The average Bonchev–Trinajstić information content (AvgIpc) is 3.21. The maximum Gasteiger partial charge on any atom is 0.258 e. The van der Waals surface area contributed by atoms with E-state index in [0.29, 0.717) is 22.4 Å². The first-order chi connectivity index (χ1) is 15.7. The molecule has 0 aliphatic rings. The van der Waals surface area contributed by atoms with Crippen LogP contribution in [0, 0.1) is 17.1 Å². The highest BCUT2D eigenvalue weighted by Gasteiger charge is 2.22. The third-order valence-electron chi connectivity index (χ3n) is 4.62. The maximum atomic E-state index is 14.0. The van der Waals surface area contributed by atoms with Gasteiger partial charge in [-0.1, -0.05) is 0 Å². The van der Waals surface area contributed by atoms with E-state index in [9.17, 15) is 17.6 Å². The topological polar surface area (TPSA) is 135 Å². The number of hydrogen-bond donors (Lipinski definition) is 1. The van der Waals surface area contributed by atoms with Crippen molar-refractivity contribution in [1.82, 2.24) is 9.97 Å². The first-order valence-electron chi connectivity index (χ1n) is 9.35. The lowest BCUT2D eigenvalue weighted by Crippen LogP contribution is -2.17. The summed E-state index contributed by atoms with van der Waals surface area (Å²) >= 11 is 0. The molecule has 0 atom stereocenters. The number of carbonyl (C=O) groups excluding carboxylic acids is 1. The van der Waals surface area contributed by atoms with Crippen LogP contribution < -0.4 is 10.1 Å². The molecule has 0 unspecified atom stereocenters. The monoisotopic (exact) mass is 466 g/mol. The molecule has 0 saturated heterocycles. The lowest BCUT2D eigenvalue weighted by atomic mass is 10.2. The number of aromatic nitrogens is 2. The van der Waals surface area contributed by atoms with Crippen LogP contribution in [0.25, 0.3) is 22.6 Å². The number of sulfone groups is 1. The molecule has 4 rings (SSSR count). The SMILES string of the molecule is COc1ccc(-c2nc3cc(NC(=O)c4cc(C#N)cnc4S(C)(=O)=O)ccc3o2)cc1F. The van der Waals surface area contributed by atoms with Crippen LogP contribution in [0.15, 0.2) is 58.1 Å². The Morgan fingerprint density at radius 1 is 1.21 bits per heavy atom. The molecule has 0 spiro atoms. The first-order valence-corrected chi connectivity index (χ1v) is 11.2. The van der Waals surface area contributed by atoms with E-state index >= 15 is 0 Å². The van der Waals surface area contributed by atoms with E-state index in [2.05, 4.69) is 15.3 Å². The molecule has 0 fully saturated rings. The van der Waals surface area contributed by atoms with Crippen molar-refractivity contribution >= 4 is 32.5 Å². The molecule has 11 heteroatoms. The molecular weight excluding hydrogens is 451 g/mol. The van der Waals surface area contributed by atoms with Crippen molar-refractivity contribution in [3.05, 3.63) is 65.6 Å². The van der Waals surface area contributed by atoms with E-state index in [1.807, 2.05) is 6.07 Å². The standard InChI is InChI=1S/C22H15FN4O5S/c1-31-18-5-3-13(8-16(18)23)21-27-17-9-14(4-6-19(17)32-21)26-20(28)15-7-12(10-24)11-25-22(15)33(2,29)30/h3-9,11H,1-2H3,(H,26,28). The number of carbonyl (C=O) groups is 1. The van der Waals surface area contributed by atoms with Crippen molar-refractivity contribution in [2.45, 2.75) is 5.03 Å². The van der Waals surface area contributed by atoms with Crippen LogP contribution in [-0.2, 0) is 9.84 Å². The van der Waals surface area contributed by atoms with Crippen molar-refractivity contribution in [2.24, 2.45) is 0 Å². The summed E-state index contributed by atoms with van der Waals surface area (Å²) in [6.07, 6.45) is 2.00. The van der Waals surface area contributed by atoms with Gasteiger partial charge < -0.3 is 14.5 Å². The van der Waals surface area contributed by atoms with Gasteiger partial charge in [0.1, 0.15) is 11.6 Å². The summed E-state index contributed by atoms with van der Waals surface area (Å²) in [6.45, 7) is 0. The van der Waals surface area contributed by atoms with Crippen LogP contribution in [0.2, 0.25) is 0 Å². The number of rotatable bonds is 5. The summed E-state index contributed by atoms with van der Waals surface area (Å²) in [5, 5.41) is 11.2. The fourth-order valence-corrected chi connectivity index (χ4v) is 3.89. The third kappa shape index (κ3) is 4.37. The van der Waals surface area contributed by atoms with Crippen LogP contribution in [0.3, 0.4) is 0 Å². The number of halogens is 1. The van der Waals surface area contributed by atoms with Gasteiger partial charge in [-0.3, -0.25) is 4.79 Å². The fraction of sp³-hybridized carbons (Fsp3) is 0.0909. The van der Waals surface area contributed by atoms with Crippen molar-refractivity contribution in [2.75, 3.05) is 18.7 Å². The van der Waals surface area contributed by atoms with Crippen LogP contribution in [0.5, 0.6) is 5.75 Å². The number of nitriles is 1. The van der Waals surface area contributed by atoms with E-state index in [4.69, 9.17) is 14.4 Å². The van der Waals surface area contributed by atoms with Crippen molar-refractivity contribution < 1.29 is 26.8 Å². The van der Waals surface area contributed by atoms with Crippen LogP contribution >= 0.6 is 0 Å². The third-order valence-corrected chi connectivity index (χ3v) is 5.65. The number of nitrogens with one attached hydrogen (secondary N) is 1. The van der Waals surface area contributed by atoms with Gasteiger partial charge in [0.25, 0.3) is 5.91 Å². The zero-order chi connectivity index (χ0) is 23.8. The predicted molar refractivity (Wildman–Crippen MR) is 116 cm³/mol. The highest BCUT2D eigenvalue weighted by Crippen LogP contribution is 2.29. The first kappa shape index (κ1) is 21.9. The molecule has 4 aromatic rings. The van der Waals surface area contributed by atoms with Gasteiger partial charge in [-0.15, -0.1) is 0 Å². The molecule has 166 valence electrons. The number of nitrogens with zero attached hydrogens (tertiary/aromatic N) is 3. The van der Waals surface area contributed by atoms with Crippen molar-refractivity contribution in [1.29, 1.82) is 5.26 Å². The van der Waals surface area contributed by atoms with E-state index < -0.39 is 26.6 Å². The van der Waals surface area contributed by atoms with Gasteiger partial charge in [0.15, 0.2) is 32.0 Å². The van der Waals surface area contributed by atoms with Gasteiger partial charge in [0.2, 0.25) is 5.89 Å². The lowest BCUT2D eigenvalue weighted by molar-refractivity contribution is 0.102. The molecule has 9 nitrogen and oxygen atoms in total. The second-order valence-electron chi connectivity index (χ2n) is 6.97. The second-order valence-corrected chi connectivity index (χ2v) is 8.90. The van der Waals surface area contributed by atoms with Crippen LogP contribution in [-0.4, -0.2) is 37.7 Å². The largest absolute Gasteiger partial charge is 0.494 e. The van der Waals surface area contributed by atoms with E-state index in [-0.39, 0.29) is 22.8 Å². The van der Waals surface area contributed by atoms with Gasteiger partial charge in [-0.2, -0.15) is 5.26 Å². The lowest BCUT2D eigenvalue weighted by Gasteiger charge is -2.08. The quantitative estimate of drug-likeness (QED) is 0.472. The van der Waals surface area contributed by atoms with Gasteiger partial charge in [-0.05, 0) is 42.5 Å². The van der Waals surface area contributed by atoms with Gasteiger partial charge in [0, 0.05) is 23.7 Å². The van der Waals surface area contributed by atoms with Gasteiger partial charge in [0.05, 0.1) is 18.2 Å². The maximum absolute atomic E-state index is 14.0. The van der Waals surface area contributed by atoms with E-state index in [1.165, 1.54) is 31.4 Å². The number of anilines is 1. The molecular formula is C22H15FN4O5S. The second kappa shape index (κ2) is 8.33. The van der Waals surface area contributed by atoms with E-state index in [1.54, 1.807) is 12.1 Å². The Morgan fingerprint density at radius 3 is 2.67 bits per heavy atom. The van der Waals surface area contributed by atoms with Crippen LogP contribution in [0.1, 0.15) is 15.9 Å². The van der Waals surface area contributed by atoms with Gasteiger partial charge >= 0.3 is 0 Å². The highest BCUT2D eigenvalue weighted by atomic mass is 32.2. The number of oxazole rings is 1. The molecule has 2 heterocycles. The number of ether oxygens (including phenoxy) is 1. The Morgan fingerprint density at radius 2 is 2.00 bits per heavy atom. The molecule has 0 bridgehead atoms. The number of methoxy groups -OCH3 is 1. The molecule has 33 heavy (non-hydrogen) atoms. The minimum absolute atomic E-state index is 0.0378. The summed E-state index contributed by atoms with van der Waals surface area (Å²) in [5.74, 6) is -1.08. The van der Waals surface area contributed by atoms with Crippen LogP contribution in [0.4, 0.5) is 10.1 Å². The molecule has 2 aromatic heterocycles. The Kier molecular flexibility index (Phi) is 5.53. The molecule has 0 aliphatic carbocycles. The summed E-state index contributed by atoms with van der Waals surface area (Å²) in [4.78, 5) is 20.9. The number of fused-ring (bicyclic) bond motifs is 1. The number of amides is 1.